The maximum atomic E-state index is 8.74. The van der Waals surface area contributed by atoms with Gasteiger partial charge in [0.15, 0.2) is 0 Å². The van der Waals surface area contributed by atoms with Crippen molar-refractivity contribution in [3.63, 3.8) is 0 Å². The predicted molar refractivity (Wildman–Crippen MR) is 97.2 cm³/mol. The molecule has 23 heavy (non-hydrogen) atoms. The summed E-state index contributed by atoms with van der Waals surface area (Å²) in [5, 5.41) is 3.44. The standard InChI is InChI=1S/C16H36N2.H2O4S/c1-3-4-5-6-7-8-9-10-11-12-13-16(2)18-15-14-17;1-5(2,3)4/h16,18H,3-15,17H2,1-2H3;(H2,1,2,3,4). The van der Waals surface area contributed by atoms with E-state index >= 15 is 0 Å². The van der Waals surface area contributed by atoms with Gasteiger partial charge in [-0.1, -0.05) is 71.1 Å². The van der Waals surface area contributed by atoms with Crippen LogP contribution in [0, 0.1) is 0 Å². The van der Waals surface area contributed by atoms with E-state index in [1.54, 1.807) is 0 Å². The molecule has 1 unspecified atom stereocenters. The molecule has 0 aliphatic carbocycles. The fraction of sp³-hybridized carbons (Fsp3) is 1.00. The molecule has 0 aliphatic heterocycles. The third-order valence-corrected chi connectivity index (χ3v) is 3.63. The monoisotopic (exact) mass is 354 g/mol. The van der Waals surface area contributed by atoms with Crippen molar-refractivity contribution in [2.24, 2.45) is 5.73 Å². The van der Waals surface area contributed by atoms with Crippen molar-refractivity contribution in [3.8, 4) is 0 Å². The molecule has 1 atom stereocenters. The first-order chi connectivity index (χ1) is 10.8. The van der Waals surface area contributed by atoms with Crippen molar-refractivity contribution in [1.29, 1.82) is 0 Å². The van der Waals surface area contributed by atoms with E-state index in [9.17, 15) is 0 Å². The number of hydrogen-bond acceptors (Lipinski definition) is 4. The summed E-state index contributed by atoms with van der Waals surface area (Å²) in [5.74, 6) is 0. The third kappa shape index (κ3) is 34.2. The Balaban J connectivity index is 0. The highest BCUT2D eigenvalue weighted by atomic mass is 32.3. The van der Waals surface area contributed by atoms with E-state index in [4.69, 9.17) is 23.3 Å². The molecule has 0 bridgehead atoms. The molecule has 0 fully saturated rings. The molecule has 5 N–H and O–H groups in total. The molecule has 0 heterocycles. The van der Waals surface area contributed by atoms with Crippen LogP contribution >= 0.6 is 0 Å². The zero-order valence-electron chi connectivity index (χ0n) is 15.0. The molecule has 7 heteroatoms. The highest BCUT2D eigenvalue weighted by Crippen LogP contribution is 2.11. The smallest absolute Gasteiger partial charge is 0.329 e. The van der Waals surface area contributed by atoms with E-state index in [0.29, 0.717) is 6.04 Å². The van der Waals surface area contributed by atoms with Gasteiger partial charge in [-0.15, -0.1) is 0 Å². The first-order valence-corrected chi connectivity index (χ1v) is 10.3. The van der Waals surface area contributed by atoms with Crippen molar-refractivity contribution in [2.45, 2.75) is 90.5 Å². The van der Waals surface area contributed by atoms with Crippen LogP contribution in [0.2, 0.25) is 0 Å². The van der Waals surface area contributed by atoms with Gasteiger partial charge < -0.3 is 11.1 Å². The summed E-state index contributed by atoms with van der Waals surface area (Å²) in [5.41, 5.74) is 5.47. The lowest BCUT2D eigenvalue weighted by molar-refractivity contribution is 0.381. The van der Waals surface area contributed by atoms with Crippen LogP contribution in [0.3, 0.4) is 0 Å². The van der Waals surface area contributed by atoms with Gasteiger partial charge in [0.2, 0.25) is 0 Å². The van der Waals surface area contributed by atoms with Gasteiger partial charge in [-0.2, -0.15) is 8.42 Å². The van der Waals surface area contributed by atoms with Crippen molar-refractivity contribution >= 4 is 10.4 Å². The van der Waals surface area contributed by atoms with Crippen LogP contribution in [0.1, 0.15) is 84.5 Å². The lowest BCUT2D eigenvalue weighted by Gasteiger charge is -2.12. The average molecular weight is 355 g/mol. The van der Waals surface area contributed by atoms with E-state index in [-0.39, 0.29) is 0 Å². The van der Waals surface area contributed by atoms with Crippen molar-refractivity contribution in [1.82, 2.24) is 5.32 Å². The Kier molecular flexibility index (Phi) is 19.7. The molecule has 0 aromatic rings. The van der Waals surface area contributed by atoms with Gasteiger partial charge in [-0.25, -0.2) is 0 Å². The van der Waals surface area contributed by atoms with E-state index in [2.05, 4.69) is 19.2 Å². The first kappa shape index (κ1) is 25.0. The molecular formula is C16H38N2O4S. The minimum absolute atomic E-state index is 0.641. The molecule has 0 aromatic carbocycles. The summed E-state index contributed by atoms with van der Waals surface area (Å²) in [6.07, 6.45) is 15.5. The highest BCUT2D eigenvalue weighted by molar-refractivity contribution is 7.79. The minimum Gasteiger partial charge on any atom is -0.329 e. The molecule has 0 amide bonds. The number of unbranched alkanes of at least 4 members (excludes halogenated alkanes) is 9. The SMILES string of the molecule is CCCCCCCCCCCCC(C)NCCN.O=S(=O)(O)O. The summed E-state index contributed by atoms with van der Waals surface area (Å²) in [6.45, 7) is 6.26. The van der Waals surface area contributed by atoms with Gasteiger partial charge in [0.25, 0.3) is 0 Å². The molecule has 0 rings (SSSR count). The summed E-state index contributed by atoms with van der Waals surface area (Å²) in [7, 11) is -4.67. The largest absolute Gasteiger partial charge is 0.394 e. The molecular weight excluding hydrogens is 316 g/mol. The molecule has 0 aromatic heterocycles. The number of rotatable bonds is 14. The van der Waals surface area contributed by atoms with Crippen LogP contribution in [0.15, 0.2) is 0 Å². The van der Waals surface area contributed by atoms with E-state index in [1.165, 1.54) is 70.6 Å². The average Bonchev–Trinajstić information content (AvgIpc) is 2.45. The van der Waals surface area contributed by atoms with Crippen LogP contribution in [-0.4, -0.2) is 36.7 Å². The minimum atomic E-state index is -4.67. The van der Waals surface area contributed by atoms with Crippen LogP contribution in [-0.2, 0) is 10.4 Å². The number of nitrogens with two attached hydrogens (primary N) is 1. The van der Waals surface area contributed by atoms with Crippen molar-refractivity contribution in [2.75, 3.05) is 13.1 Å². The normalized spacial score (nSPS) is 12.6. The zero-order chi connectivity index (χ0) is 18.0. The third-order valence-electron chi connectivity index (χ3n) is 3.63. The maximum absolute atomic E-state index is 8.74. The lowest BCUT2D eigenvalue weighted by Crippen LogP contribution is -2.30. The molecule has 0 saturated heterocycles. The molecule has 0 saturated carbocycles. The van der Waals surface area contributed by atoms with Gasteiger partial charge in [-0.05, 0) is 13.3 Å². The molecule has 6 nitrogen and oxygen atoms in total. The van der Waals surface area contributed by atoms with Gasteiger partial charge >= 0.3 is 10.4 Å². The Labute approximate surface area is 143 Å². The van der Waals surface area contributed by atoms with Gasteiger partial charge in [-0.3, -0.25) is 9.11 Å². The Morgan fingerprint density at radius 1 is 0.913 bits per heavy atom. The molecule has 0 spiro atoms. The molecule has 142 valence electrons. The van der Waals surface area contributed by atoms with Crippen molar-refractivity contribution in [3.05, 3.63) is 0 Å². The van der Waals surface area contributed by atoms with Crippen LogP contribution in [0.4, 0.5) is 0 Å². The Hall–Kier alpha value is -0.210. The van der Waals surface area contributed by atoms with E-state index in [0.717, 1.165) is 13.1 Å². The predicted octanol–water partition coefficient (Wildman–Crippen LogP) is 3.58. The maximum Gasteiger partial charge on any atom is 0.394 e. The van der Waals surface area contributed by atoms with Gasteiger partial charge in [0.1, 0.15) is 0 Å². The van der Waals surface area contributed by atoms with Crippen molar-refractivity contribution < 1.29 is 17.5 Å². The Morgan fingerprint density at radius 3 is 1.70 bits per heavy atom. The zero-order valence-corrected chi connectivity index (χ0v) is 15.8. The van der Waals surface area contributed by atoms with Crippen LogP contribution in [0.25, 0.3) is 0 Å². The fourth-order valence-electron chi connectivity index (χ4n) is 2.37. The quantitative estimate of drug-likeness (QED) is 0.280. The summed E-state index contributed by atoms with van der Waals surface area (Å²) in [6, 6.07) is 0.641. The fourth-order valence-corrected chi connectivity index (χ4v) is 2.37. The Bertz CT molecular complexity index is 316. The number of nitrogens with one attached hydrogen (secondary N) is 1. The second-order valence-electron chi connectivity index (χ2n) is 6.06. The summed E-state index contributed by atoms with van der Waals surface area (Å²) >= 11 is 0. The summed E-state index contributed by atoms with van der Waals surface area (Å²) < 4.78 is 31.6. The first-order valence-electron chi connectivity index (χ1n) is 8.94. The second kappa shape index (κ2) is 18.1. The summed E-state index contributed by atoms with van der Waals surface area (Å²) in [4.78, 5) is 0. The van der Waals surface area contributed by atoms with Crippen LogP contribution in [0.5, 0.6) is 0 Å². The van der Waals surface area contributed by atoms with Gasteiger partial charge in [0, 0.05) is 19.1 Å². The van der Waals surface area contributed by atoms with Gasteiger partial charge in [0.05, 0.1) is 0 Å². The highest BCUT2D eigenvalue weighted by Gasteiger charge is 1.99. The molecule has 0 aliphatic rings. The molecule has 0 radical (unpaired) electrons. The lowest BCUT2D eigenvalue weighted by atomic mass is 10.0. The Morgan fingerprint density at radius 2 is 1.30 bits per heavy atom. The topological polar surface area (TPSA) is 113 Å². The van der Waals surface area contributed by atoms with E-state index in [1.807, 2.05) is 0 Å². The van der Waals surface area contributed by atoms with Crippen LogP contribution < -0.4 is 11.1 Å². The second-order valence-corrected chi connectivity index (χ2v) is 6.96. The van der Waals surface area contributed by atoms with E-state index < -0.39 is 10.4 Å². The number of hydrogen-bond donors (Lipinski definition) is 4.